The molecule has 4 nitrogen and oxygen atoms in total. The molecule has 20 heavy (non-hydrogen) atoms. The fraction of sp³-hybridized carbons (Fsp3) is 0.533. The molecule has 2 aliphatic carbocycles. The van der Waals surface area contributed by atoms with E-state index in [-0.39, 0.29) is 6.10 Å². The van der Waals surface area contributed by atoms with E-state index < -0.39 is 5.54 Å². The van der Waals surface area contributed by atoms with Crippen LogP contribution in [0.4, 0.5) is 0 Å². The second kappa shape index (κ2) is 5.12. The van der Waals surface area contributed by atoms with Crippen molar-refractivity contribution in [2.45, 2.75) is 43.7 Å². The van der Waals surface area contributed by atoms with E-state index in [1.807, 2.05) is 6.07 Å². The molecule has 2 saturated carbocycles. The highest BCUT2D eigenvalue weighted by atomic mass is 35.5. The summed E-state index contributed by atoms with van der Waals surface area (Å²) < 4.78 is 11.4. The van der Waals surface area contributed by atoms with Crippen molar-refractivity contribution in [3.05, 3.63) is 22.7 Å². The normalized spacial score (nSPS) is 19.7. The third-order valence-electron chi connectivity index (χ3n) is 4.06. The molecule has 0 radical (unpaired) electrons. The van der Waals surface area contributed by atoms with Crippen LogP contribution in [0.5, 0.6) is 11.5 Å². The molecule has 1 aromatic rings. The molecule has 0 bridgehead atoms. The Balaban J connectivity index is 2.05. The summed E-state index contributed by atoms with van der Waals surface area (Å²) in [6, 6.07) is 3.56. The third-order valence-corrected chi connectivity index (χ3v) is 4.28. The van der Waals surface area contributed by atoms with Crippen LogP contribution in [0.2, 0.25) is 5.02 Å². The van der Waals surface area contributed by atoms with Crippen molar-refractivity contribution < 1.29 is 14.3 Å². The largest absolute Gasteiger partial charge is 0.493 e. The smallest absolute Gasteiger partial charge is 0.235 e. The Morgan fingerprint density at radius 2 is 2.15 bits per heavy atom. The second-order valence-corrected chi connectivity index (χ2v) is 5.83. The van der Waals surface area contributed by atoms with Gasteiger partial charge in [-0.05, 0) is 38.2 Å². The molecule has 2 aliphatic rings. The monoisotopic (exact) mass is 293 g/mol. The number of carbonyl (C=O) groups excluding carboxylic acids is 1. The van der Waals surface area contributed by atoms with E-state index in [0.29, 0.717) is 16.5 Å². The van der Waals surface area contributed by atoms with E-state index in [1.165, 1.54) is 6.42 Å². The maximum absolute atomic E-state index is 10.7. The van der Waals surface area contributed by atoms with Gasteiger partial charge >= 0.3 is 0 Å². The number of methoxy groups -OCH3 is 1. The van der Waals surface area contributed by atoms with Crippen LogP contribution in [-0.4, -0.2) is 19.3 Å². The van der Waals surface area contributed by atoms with Gasteiger partial charge in [-0.2, -0.15) is 4.99 Å². The molecule has 0 aliphatic heterocycles. The molecule has 0 aromatic heterocycles. The maximum atomic E-state index is 10.7. The molecular weight excluding hydrogens is 278 g/mol. The van der Waals surface area contributed by atoms with Crippen LogP contribution < -0.4 is 9.47 Å². The van der Waals surface area contributed by atoms with Gasteiger partial charge in [-0.25, -0.2) is 4.79 Å². The molecule has 2 fully saturated rings. The molecule has 3 rings (SSSR count). The minimum absolute atomic E-state index is 0.222. The molecule has 5 heteroatoms. The highest BCUT2D eigenvalue weighted by Crippen LogP contribution is 2.55. The second-order valence-electron chi connectivity index (χ2n) is 5.39. The fourth-order valence-corrected chi connectivity index (χ4v) is 2.70. The summed E-state index contributed by atoms with van der Waals surface area (Å²) in [5, 5.41) is 0.560. The zero-order chi connectivity index (χ0) is 14.2. The van der Waals surface area contributed by atoms with Gasteiger partial charge in [0.1, 0.15) is 5.54 Å². The third kappa shape index (κ3) is 2.30. The first kappa shape index (κ1) is 13.5. The number of nitrogens with zero attached hydrogens (tertiary/aromatic N) is 1. The van der Waals surface area contributed by atoms with Crippen LogP contribution in [0.25, 0.3) is 0 Å². The molecule has 0 unspecified atom stereocenters. The Morgan fingerprint density at radius 3 is 2.65 bits per heavy atom. The van der Waals surface area contributed by atoms with Crippen molar-refractivity contribution in [2.24, 2.45) is 4.99 Å². The SMILES string of the molecule is COc1cc(Cl)cc(C2(N=C=O)CC2)c1OC1CCC1. The summed E-state index contributed by atoms with van der Waals surface area (Å²) in [6.07, 6.45) is 6.81. The van der Waals surface area contributed by atoms with E-state index in [9.17, 15) is 4.79 Å². The molecule has 0 heterocycles. The lowest BCUT2D eigenvalue weighted by Gasteiger charge is -2.29. The lowest BCUT2D eigenvalue weighted by atomic mass is 9.95. The van der Waals surface area contributed by atoms with E-state index in [1.54, 1.807) is 19.3 Å². The number of isocyanates is 1. The molecule has 0 saturated heterocycles. The molecule has 1 aromatic carbocycles. The Bertz CT molecular complexity index is 573. The fourth-order valence-electron chi connectivity index (χ4n) is 2.49. The average molecular weight is 294 g/mol. The van der Waals surface area contributed by atoms with Crippen LogP contribution in [0.15, 0.2) is 17.1 Å². The van der Waals surface area contributed by atoms with E-state index in [4.69, 9.17) is 21.1 Å². The van der Waals surface area contributed by atoms with E-state index >= 15 is 0 Å². The lowest BCUT2D eigenvalue weighted by Crippen LogP contribution is -2.26. The van der Waals surface area contributed by atoms with Crippen molar-refractivity contribution >= 4 is 17.7 Å². The van der Waals surface area contributed by atoms with Crippen LogP contribution >= 0.6 is 11.6 Å². The predicted molar refractivity (Wildman–Crippen MR) is 75.3 cm³/mol. The number of hydrogen-bond donors (Lipinski definition) is 0. The van der Waals surface area contributed by atoms with Gasteiger partial charge in [0.15, 0.2) is 11.5 Å². The minimum atomic E-state index is -0.515. The molecule has 0 N–H and O–H groups in total. The molecule has 0 atom stereocenters. The molecule has 0 amide bonds. The predicted octanol–water partition coefficient (Wildman–Crippen LogP) is 3.60. The van der Waals surface area contributed by atoms with Gasteiger partial charge in [0.2, 0.25) is 6.08 Å². The molecule has 106 valence electrons. The first-order valence-electron chi connectivity index (χ1n) is 6.82. The van der Waals surface area contributed by atoms with Gasteiger partial charge in [-0.1, -0.05) is 11.6 Å². The Labute approximate surface area is 122 Å². The Hall–Kier alpha value is -1.51. The summed E-state index contributed by atoms with van der Waals surface area (Å²) in [5.41, 5.74) is 0.330. The Morgan fingerprint density at radius 1 is 1.40 bits per heavy atom. The number of hydrogen-bond acceptors (Lipinski definition) is 4. The van der Waals surface area contributed by atoms with Gasteiger partial charge in [0.25, 0.3) is 0 Å². The van der Waals surface area contributed by atoms with Crippen molar-refractivity contribution in [3.8, 4) is 11.5 Å². The number of rotatable bonds is 5. The average Bonchev–Trinajstić information content (AvgIpc) is 3.15. The van der Waals surface area contributed by atoms with Gasteiger partial charge in [-0.15, -0.1) is 0 Å². The summed E-state index contributed by atoms with van der Waals surface area (Å²) in [7, 11) is 1.59. The maximum Gasteiger partial charge on any atom is 0.235 e. The van der Waals surface area contributed by atoms with Gasteiger partial charge in [0.05, 0.1) is 13.2 Å². The topological polar surface area (TPSA) is 47.9 Å². The summed E-state index contributed by atoms with van der Waals surface area (Å²) in [5.74, 6) is 1.28. The van der Waals surface area contributed by atoms with E-state index in [2.05, 4.69) is 4.99 Å². The highest BCUT2D eigenvalue weighted by molar-refractivity contribution is 6.30. The Kier molecular flexibility index (Phi) is 3.45. The van der Waals surface area contributed by atoms with Crippen molar-refractivity contribution in [1.82, 2.24) is 0 Å². The summed E-state index contributed by atoms with van der Waals surface area (Å²) in [6.45, 7) is 0. The van der Waals surface area contributed by atoms with Gasteiger partial charge < -0.3 is 9.47 Å². The quantitative estimate of drug-likeness (QED) is 0.615. The van der Waals surface area contributed by atoms with Crippen molar-refractivity contribution in [2.75, 3.05) is 7.11 Å². The minimum Gasteiger partial charge on any atom is -0.493 e. The van der Waals surface area contributed by atoms with Crippen LogP contribution in [0, 0.1) is 0 Å². The molecular formula is C15H16ClNO3. The zero-order valence-electron chi connectivity index (χ0n) is 11.3. The lowest BCUT2D eigenvalue weighted by molar-refractivity contribution is 0.114. The van der Waals surface area contributed by atoms with Gasteiger partial charge in [0, 0.05) is 16.7 Å². The summed E-state index contributed by atoms with van der Waals surface area (Å²) in [4.78, 5) is 14.6. The zero-order valence-corrected chi connectivity index (χ0v) is 12.1. The molecule has 0 spiro atoms. The van der Waals surface area contributed by atoms with Crippen LogP contribution in [0.1, 0.15) is 37.7 Å². The number of ether oxygens (including phenoxy) is 2. The number of aliphatic imine (C=N–C) groups is 1. The highest BCUT2D eigenvalue weighted by Gasteiger charge is 2.48. The van der Waals surface area contributed by atoms with Crippen molar-refractivity contribution in [1.29, 1.82) is 0 Å². The summed E-state index contributed by atoms with van der Waals surface area (Å²) >= 11 is 6.14. The van der Waals surface area contributed by atoms with Crippen LogP contribution in [-0.2, 0) is 10.3 Å². The standard InChI is InChI=1S/C15H16ClNO3/c1-19-13-8-10(16)7-12(15(5-6-15)17-9-18)14(13)20-11-3-2-4-11/h7-8,11H,2-6H2,1H3. The van der Waals surface area contributed by atoms with Crippen molar-refractivity contribution in [3.63, 3.8) is 0 Å². The van der Waals surface area contributed by atoms with Crippen LogP contribution in [0.3, 0.4) is 0 Å². The first-order chi connectivity index (χ1) is 9.68. The first-order valence-corrected chi connectivity index (χ1v) is 7.20. The number of halogens is 1. The van der Waals surface area contributed by atoms with E-state index in [0.717, 1.165) is 31.2 Å². The number of benzene rings is 1. The van der Waals surface area contributed by atoms with Gasteiger partial charge in [-0.3, -0.25) is 0 Å².